The minimum Gasteiger partial charge on any atom is -0.444 e. The van der Waals surface area contributed by atoms with E-state index in [1.807, 2.05) is 13.8 Å². The van der Waals surface area contributed by atoms with Crippen LogP contribution in [0.5, 0.6) is 0 Å². The maximum absolute atomic E-state index is 5.68. The summed E-state index contributed by atoms with van der Waals surface area (Å²) in [6, 6.07) is 0.647. The molecule has 1 saturated heterocycles. The number of oxazole rings is 1. The molecule has 1 aromatic heterocycles. The molecule has 0 bridgehead atoms. The van der Waals surface area contributed by atoms with Gasteiger partial charge in [-0.1, -0.05) is 6.92 Å². The monoisotopic (exact) mass is 251 g/mol. The van der Waals surface area contributed by atoms with Crippen molar-refractivity contribution < 1.29 is 4.42 Å². The van der Waals surface area contributed by atoms with Gasteiger partial charge in [-0.15, -0.1) is 0 Å². The van der Waals surface area contributed by atoms with Gasteiger partial charge in [0.05, 0.1) is 12.2 Å². The highest BCUT2D eigenvalue weighted by molar-refractivity contribution is 5.05. The molecule has 1 aliphatic rings. The van der Waals surface area contributed by atoms with Crippen molar-refractivity contribution in [3.05, 3.63) is 17.3 Å². The highest BCUT2D eigenvalue weighted by Crippen LogP contribution is 2.13. The lowest BCUT2D eigenvalue weighted by Crippen LogP contribution is -2.37. The van der Waals surface area contributed by atoms with Gasteiger partial charge in [0.2, 0.25) is 5.89 Å². The molecule has 1 aromatic rings. The Hall–Kier alpha value is -0.870. The molecule has 2 heterocycles. The van der Waals surface area contributed by atoms with Gasteiger partial charge in [0.25, 0.3) is 0 Å². The predicted octanol–water partition coefficient (Wildman–Crippen LogP) is 2.26. The van der Waals surface area contributed by atoms with Crippen LogP contribution in [0.4, 0.5) is 0 Å². The first-order chi connectivity index (χ1) is 8.69. The molecule has 1 aliphatic heterocycles. The van der Waals surface area contributed by atoms with Crippen molar-refractivity contribution in [1.82, 2.24) is 15.2 Å². The largest absolute Gasteiger partial charge is 0.444 e. The molecular weight excluding hydrogens is 226 g/mol. The van der Waals surface area contributed by atoms with Crippen molar-refractivity contribution in [2.24, 2.45) is 0 Å². The van der Waals surface area contributed by atoms with Crippen LogP contribution in [0.3, 0.4) is 0 Å². The van der Waals surface area contributed by atoms with E-state index >= 15 is 0 Å². The Morgan fingerprint density at radius 2 is 2.28 bits per heavy atom. The third-order valence-corrected chi connectivity index (χ3v) is 3.61. The van der Waals surface area contributed by atoms with Gasteiger partial charge in [0.15, 0.2) is 0 Å². The second-order valence-electron chi connectivity index (χ2n) is 5.28. The van der Waals surface area contributed by atoms with Gasteiger partial charge in [-0.2, -0.15) is 0 Å². The fraction of sp³-hybridized carbons (Fsp3) is 0.786. The maximum Gasteiger partial charge on any atom is 0.208 e. The Balaban J connectivity index is 1.92. The van der Waals surface area contributed by atoms with Crippen LogP contribution < -0.4 is 5.32 Å². The molecule has 1 unspecified atom stereocenters. The summed E-state index contributed by atoms with van der Waals surface area (Å²) in [5.74, 6) is 1.80. The second-order valence-corrected chi connectivity index (χ2v) is 5.28. The molecule has 1 N–H and O–H groups in total. The summed E-state index contributed by atoms with van der Waals surface area (Å²) in [5.41, 5.74) is 1.01. The average molecular weight is 251 g/mol. The smallest absolute Gasteiger partial charge is 0.208 e. The van der Waals surface area contributed by atoms with E-state index in [0.29, 0.717) is 6.04 Å². The summed E-state index contributed by atoms with van der Waals surface area (Å²) in [6.45, 7) is 10.4. The quantitative estimate of drug-likeness (QED) is 0.842. The summed E-state index contributed by atoms with van der Waals surface area (Å²) in [5, 5.41) is 3.56. The fourth-order valence-electron chi connectivity index (χ4n) is 2.57. The number of nitrogens with zero attached hydrogens (tertiary/aromatic N) is 2. The Morgan fingerprint density at radius 1 is 1.44 bits per heavy atom. The van der Waals surface area contributed by atoms with Crippen LogP contribution in [0, 0.1) is 13.8 Å². The summed E-state index contributed by atoms with van der Waals surface area (Å²) in [4.78, 5) is 6.93. The van der Waals surface area contributed by atoms with Crippen LogP contribution in [-0.4, -0.2) is 35.6 Å². The number of rotatable bonds is 6. The molecule has 1 atom stereocenters. The van der Waals surface area contributed by atoms with Crippen LogP contribution in [0.2, 0.25) is 0 Å². The molecule has 0 radical (unpaired) electrons. The number of hydrogen-bond donors (Lipinski definition) is 1. The Bertz CT molecular complexity index is 350. The topological polar surface area (TPSA) is 41.3 Å². The van der Waals surface area contributed by atoms with E-state index in [-0.39, 0.29) is 0 Å². The van der Waals surface area contributed by atoms with Gasteiger partial charge in [0.1, 0.15) is 5.76 Å². The molecule has 102 valence electrons. The lowest BCUT2D eigenvalue weighted by Gasteiger charge is -2.23. The highest BCUT2D eigenvalue weighted by atomic mass is 16.4. The molecule has 4 nitrogen and oxygen atoms in total. The Morgan fingerprint density at radius 3 is 2.83 bits per heavy atom. The molecule has 18 heavy (non-hydrogen) atoms. The summed E-state index contributed by atoms with van der Waals surface area (Å²) in [7, 11) is 0. The minimum absolute atomic E-state index is 0.647. The normalized spacial score (nSPS) is 19.9. The summed E-state index contributed by atoms with van der Waals surface area (Å²) in [6.07, 6.45) is 3.77. The van der Waals surface area contributed by atoms with Gasteiger partial charge >= 0.3 is 0 Å². The maximum atomic E-state index is 5.68. The van der Waals surface area contributed by atoms with E-state index < -0.39 is 0 Å². The summed E-state index contributed by atoms with van der Waals surface area (Å²) < 4.78 is 5.68. The van der Waals surface area contributed by atoms with Crippen molar-refractivity contribution in [3.63, 3.8) is 0 Å². The van der Waals surface area contributed by atoms with Gasteiger partial charge in [0, 0.05) is 12.6 Å². The average Bonchev–Trinajstić information content (AvgIpc) is 2.91. The van der Waals surface area contributed by atoms with E-state index in [4.69, 9.17) is 4.42 Å². The lowest BCUT2D eigenvalue weighted by atomic mass is 10.2. The van der Waals surface area contributed by atoms with Crippen molar-refractivity contribution >= 4 is 0 Å². The zero-order valence-corrected chi connectivity index (χ0v) is 11.8. The number of hydrogen-bond acceptors (Lipinski definition) is 4. The first-order valence-corrected chi connectivity index (χ1v) is 7.07. The number of nitrogens with one attached hydrogen (secondary N) is 1. The Labute approximate surface area is 110 Å². The first-order valence-electron chi connectivity index (χ1n) is 7.07. The molecule has 4 heteroatoms. The van der Waals surface area contributed by atoms with E-state index in [0.717, 1.165) is 37.0 Å². The molecule has 0 spiro atoms. The van der Waals surface area contributed by atoms with Gasteiger partial charge < -0.3 is 9.73 Å². The van der Waals surface area contributed by atoms with Crippen molar-refractivity contribution in [1.29, 1.82) is 0 Å². The van der Waals surface area contributed by atoms with E-state index in [1.54, 1.807) is 0 Å². The molecule has 0 saturated carbocycles. The molecular formula is C14H25N3O. The van der Waals surface area contributed by atoms with Crippen LogP contribution in [-0.2, 0) is 6.54 Å². The van der Waals surface area contributed by atoms with Crippen LogP contribution in [0.15, 0.2) is 4.42 Å². The van der Waals surface area contributed by atoms with Gasteiger partial charge in [-0.25, -0.2) is 4.98 Å². The zero-order valence-electron chi connectivity index (χ0n) is 11.8. The third kappa shape index (κ3) is 3.56. The van der Waals surface area contributed by atoms with Crippen LogP contribution in [0.25, 0.3) is 0 Å². The van der Waals surface area contributed by atoms with Gasteiger partial charge in [-0.3, -0.25) is 4.90 Å². The van der Waals surface area contributed by atoms with Crippen molar-refractivity contribution in [3.8, 4) is 0 Å². The fourth-order valence-corrected chi connectivity index (χ4v) is 2.57. The van der Waals surface area contributed by atoms with E-state index in [1.165, 1.54) is 25.8 Å². The van der Waals surface area contributed by atoms with E-state index in [9.17, 15) is 0 Å². The molecule has 0 aliphatic carbocycles. The predicted molar refractivity (Wildman–Crippen MR) is 72.6 cm³/mol. The SMILES string of the molecule is CCCN(Cc1nc(C)c(C)o1)CC1CCCN1. The summed E-state index contributed by atoms with van der Waals surface area (Å²) >= 11 is 0. The standard InChI is InChI=1S/C14H25N3O/c1-4-8-17(9-13-6-5-7-15-13)10-14-16-11(2)12(3)18-14/h13,15H,4-10H2,1-3H3. The number of aromatic nitrogens is 1. The highest BCUT2D eigenvalue weighted by Gasteiger charge is 2.19. The van der Waals surface area contributed by atoms with Crippen LogP contribution in [0.1, 0.15) is 43.5 Å². The van der Waals surface area contributed by atoms with Crippen molar-refractivity contribution in [2.45, 2.75) is 52.6 Å². The molecule has 2 rings (SSSR count). The molecule has 0 amide bonds. The Kier molecular flexibility index (Phi) is 4.78. The lowest BCUT2D eigenvalue weighted by molar-refractivity contribution is 0.218. The molecule has 1 fully saturated rings. The third-order valence-electron chi connectivity index (χ3n) is 3.61. The van der Waals surface area contributed by atoms with Crippen molar-refractivity contribution in [2.75, 3.05) is 19.6 Å². The first kappa shape index (κ1) is 13.6. The zero-order chi connectivity index (χ0) is 13.0. The second kappa shape index (κ2) is 6.34. The minimum atomic E-state index is 0.647. The molecule has 0 aromatic carbocycles. The number of aryl methyl sites for hydroxylation is 2. The van der Waals surface area contributed by atoms with E-state index in [2.05, 4.69) is 22.1 Å². The van der Waals surface area contributed by atoms with Crippen LogP contribution >= 0.6 is 0 Å². The van der Waals surface area contributed by atoms with Gasteiger partial charge in [-0.05, 0) is 46.2 Å².